The summed E-state index contributed by atoms with van der Waals surface area (Å²) in [7, 11) is 0. The summed E-state index contributed by atoms with van der Waals surface area (Å²) < 4.78 is 10.8. The molecule has 0 unspecified atom stereocenters. The number of ether oxygens (including phenoxy) is 2. The van der Waals surface area contributed by atoms with Gasteiger partial charge in [0.15, 0.2) is 11.5 Å². The van der Waals surface area contributed by atoms with Crippen LogP contribution < -0.4 is 9.47 Å². The minimum atomic E-state index is -0.930. The second-order valence-electron chi connectivity index (χ2n) is 8.00. The van der Waals surface area contributed by atoms with E-state index >= 15 is 0 Å². The smallest absolute Gasteiger partial charge is 0.326 e. The van der Waals surface area contributed by atoms with Crippen molar-refractivity contribution in [1.29, 1.82) is 0 Å². The van der Waals surface area contributed by atoms with Crippen LogP contribution in [0.25, 0.3) is 0 Å². The Morgan fingerprint density at radius 3 is 2.70 bits per heavy atom. The molecule has 27 heavy (non-hydrogen) atoms. The first-order valence-electron chi connectivity index (χ1n) is 9.59. The number of amides is 1. The number of fused-ring (bicyclic) bond motifs is 1. The number of carbonyl (C=O) groups is 2. The Balaban J connectivity index is 1.36. The van der Waals surface area contributed by atoms with Crippen LogP contribution in [0.3, 0.4) is 0 Å². The molecule has 146 valence electrons. The molecule has 0 radical (unpaired) electrons. The molecular weight excluding hydrogens is 348 g/mol. The summed E-state index contributed by atoms with van der Waals surface area (Å²) in [4.78, 5) is 27.5. The largest absolute Gasteiger partial charge is 0.480 e. The van der Waals surface area contributed by atoms with Crippen LogP contribution in [0.4, 0.5) is 0 Å². The van der Waals surface area contributed by atoms with Crippen molar-refractivity contribution >= 4 is 11.9 Å². The average Bonchev–Trinajstić information content (AvgIpc) is 3.13. The summed E-state index contributed by atoms with van der Waals surface area (Å²) in [5.41, 5.74) is 1.26. The van der Waals surface area contributed by atoms with Crippen LogP contribution >= 0.6 is 0 Å². The van der Waals surface area contributed by atoms with Gasteiger partial charge in [0.1, 0.15) is 6.04 Å². The van der Waals surface area contributed by atoms with Crippen LogP contribution in [0, 0.1) is 5.41 Å². The summed E-state index contributed by atoms with van der Waals surface area (Å²) in [6.07, 6.45) is 3.31. The van der Waals surface area contributed by atoms with Crippen LogP contribution in [0.15, 0.2) is 18.2 Å². The molecule has 7 heteroatoms. The number of benzene rings is 1. The fourth-order valence-electron chi connectivity index (χ4n) is 4.42. The van der Waals surface area contributed by atoms with Gasteiger partial charge in [0.25, 0.3) is 0 Å². The molecule has 1 aromatic rings. The number of piperidine rings is 2. The minimum Gasteiger partial charge on any atom is -0.480 e. The predicted molar refractivity (Wildman–Crippen MR) is 97.6 cm³/mol. The van der Waals surface area contributed by atoms with Gasteiger partial charge in [-0.05, 0) is 62.4 Å². The van der Waals surface area contributed by atoms with Crippen molar-refractivity contribution in [1.82, 2.24) is 9.80 Å². The zero-order valence-electron chi connectivity index (χ0n) is 15.6. The van der Waals surface area contributed by atoms with E-state index in [0.717, 1.165) is 50.4 Å². The molecule has 1 amide bonds. The highest BCUT2D eigenvalue weighted by Gasteiger charge is 2.43. The maximum atomic E-state index is 12.2. The molecule has 4 rings (SSSR count). The Hall–Kier alpha value is -2.28. The zero-order chi connectivity index (χ0) is 19.0. The molecule has 2 fully saturated rings. The molecule has 0 aliphatic carbocycles. The van der Waals surface area contributed by atoms with Crippen LogP contribution in [-0.2, 0) is 16.1 Å². The molecule has 3 aliphatic rings. The van der Waals surface area contributed by atoms with E-state index in [1.54, 1.807) is 11.8 Å². The Kier molecular flexibility index (Phi) is 4.72. The van der Waals surface area contributed by atoms with Crippen LogP contribution in [-0.4, -0.2) is 59.3 Å². The van der Waals surface area contributed by atoms with Crippen molar-refractivity contribution < 1.29 is 24.2 Å². The van der Waals surface area contributed by atoms with Crippen LogP contribution in [0.2, 0.25) is 0 Å². The Morgan fingerprint density at radius 1 is 1.22 bits per heavy atom. The highest BCUT2D eigenvalue weighted by atomic mass is 16.7. The van der Waals surface area contributed by atoms with E-state index in [1.165, 1.54) is 5.56 Å². The second kappa shape index (κ2) is 7.03. The third kappa shape index (κ3) is 3.60. The number of carboxylic acid groups (broad SMARTS) is 1. The number of aliphatic carboxylic acids is 1. The predicted octanol–water partition coefficient (Wildman–Crippen LogP) is 2.09. The minimum absolute atomic E-state index is 0.0293. The molecule has 0 aromatic heterocycles. The fraction of sp³-hybridized carbons (Fsp3) is 0.600. The number of carboxylic acids is 1. The number of carbonyl (C=O) groups excluding carboxylic acids is 1. The van der Waals surface area contributed by atoms with Gasteiger partial charge in [-0.25, -0.2) is 4.79 Å². The van der Waals surface area contributed by atoms with Gasteiger partial charge in [-0.15, -0.1) is 0 Å². The molecule has 1 N–H and O–H groups in total. The number of hydrogen-bond acceptors (Lipinski definition) is 5. The lowest BCUT2D eigenvalue weighted by atomic mass is 9.72. The van der Waals surface area contributed by atoms with E-state index in [1.807, 2.05) is 12.1 Å². The lowest BCUT2D eigenvalue weighted by Gasteiger charge is -2.48. The third-order valence-corrected chi connectivity index (χ3v) is 6.28. The number of rotatable bonds is 4. The van der Waals surface area contributed by atoms with Gasteiger partial charge in [0.05, 0.1) is 0 Å². The standard InChI is InChI=1S/C20H26N2O5/c1-14(19(24)25)22-12-20(5-4-18(22)23)6-8-21(9-7-20)11-15-2-3-16-17(10-15)27-13-26-16/h2-3,10,14H,4-9,11-13H2,1H3,(H,24,25)/t14-/m1/s1. The van der Waals surface area contributed by atoms with Crippen molar-refractivity contribution in [2.24, 2.45) is 5.41 Å². The van der Waals surface area contributed by atoms with E-state index in [0.29, 0.717) is 13.0 Å². The normalized spacial score (nSPS) is 22.9. The molecule has 0 saturated carbocycles. The topological polar surface area (TPSA) is 79.3 Å². The highest BCUT2D eigenvalue weighted by Crippen LogP contribution is 2.41. The van der Waals surface area contributed by atoms with E-state index < -0.39 is 12.0 Å². The molecule has 2 saturated heterocycles. The maximum Gasteiger partial charge on any atom is 0.326 e. The summed E-state index contributed by atoms with van der Waals surface area (Å²) in [5, 5.41) is 9.29. The Morgan fingerprint density at radius 2 is 1.96 bits per heavy atom. The van der Waals surface area contributed by atoms with Gasteiger partial charge >= 0.3 is 5.97 Å². The van der Waals surface area contributed by atoms with Gasteiger partial charge in [-0.3, -0.25) is 9.69 Å². The van der Waals surface area contributed by atoms with E-state index in [4.69, 9.17) is 9.47 Å². The number of hydrogen-bond donors (Lipinski definition) is 1. The summed E-state index contributed by atoms with van der Waals surface area (Å²) in [6, 6.07) is 5.33. The first-order valence-corrected chi connectivity index (χ1v) is 9.59. The van der Waals surface area contributed by atoms with Crippen molar-refractivity contribution in [3.05, 3.63) is 23.8 Å². The van der Waals surface area contributed by atoms with E-state index in [2.05, 4.69) is 11.0 Å². The van der Waals surface area contributed by atoms with Crippen LogP contribution in [0.5, 0.6) is 11.5 Å². The van der Waals surface area contributed by atoms with Gasteiger partial charge in [-0.1, -0.05) is 6.07 Å². The van der Waals surface area contributed by atoms with Crippen LogP contribution in [0.1, 0.15) is 38.2 Å². The summed E-state index contributed by atoms with van der Waals surface area (Å²) in [5.74, 6) is 0.653. The van der Waals surface area contributed by atoms with Gasteiger partial charge in [0, 0.05) is 19.5 Å². The summed E-state index contributed by atoms with van der Waals surface area (Å²) >= 11 is 0. The molecule has 0 bridgehead atoms. The molecule has 7 nitrogen and oxygen atoms in total. The number of likely N-dealkylation sites (tertiary alicyclic amines) is 2. The average molecular weight is 374 g/mol. The third-order valence-electron chi connectivity index (χ3n) is 6.28. The van der Waals surface area contributed by atoms with E-state index in [9.17, 15) is 14.7 Å². The SMILES string of the molecule is C[C@H](C(=O)O)N1CC2(CCC1=O)CCN(Cc1ccc3c(c1)OCO3)CC2. The molecule has 3 aliphatic heterocycles. The molecular formula is C20H26N2O5. The van der Waals surface area contributed by atoms with Gasteiger partial charge in [0.2, 0.25) is 12.7 Å². The van der Waals surface area contributed by atoms with Crippen molar-refractivity contribution in [3.8, 4) is 11.5 Å². The first-order chi connectivity index (χ1) is 13.0. The quantitative estimate of drug-likeness (QED) is 0.869. The zero-order valence-corrected chi connectivity index (χ0v) is 15.6. The van der Waals surface area contributed by atoms with E-state index in [-0.39, 0.29) is 18.1 Å². The highest BCUT2D eigenvalue weighted by molar-refractivity contribution is 5.84. The first kappa shape index (κ1) is 18.1. The molecule has 1 spiro atoms. The number of nitrogens with zero attached hydrogens (tertiary/aromatic N) is 2. The lowest BCUT2D eigenvalue weighted by molar-refractivity contribution is -0.155. The lowest BCUT2D eigenvalue weighted by Crippen LogP contribution is -2.55. The Bertz CT molecular complexity index is 742. The summed E-state index contributed by atoms with van der Waals surface area (Å²) in [6.45, 7) is 5.23. The van der Waals surface area contributed by atoms with Crippen molar-refractivity contribution in [2.75, 3.05) is 26.4 Å². The maximum absolute atomic E-state index is 12.2. The monoisotopic (exact) mass is 374 g/mol. The molecule has 1 aromatic carbocycles. The molecule has 1 atom stereocenters. The molecule has 3 heterocycles. The fourth-order valence-corrected chi connectivity index (χ4v) is 4.42. The van der Waals surface area contributed by atoms with Crippen molar-refractivity contribution in [3.63, 3.8) is 0 Å². The van der Waals surface area contributed by atoms with Gasteiger partial charge in [-0.2, -0.15) is 0 Å². The Labute approximate surface area is 158 Å². The van der Waals surface area contributed by atoms with Gasteiger partial charge < -0.3 is 19.5 Å². The van der Waals surface area contributed by atoms with Crippen molar-refractivity contribution in [2.45, 2.75) is 45.2 Å². The second-order valence-corrected chi connectivity index (χ2v) is 8.00.